The Morgan fingerprint density at radius 1 is 1.41 bits per heavy atom. The van der Waals surface area contributed by atoms with Crippen molar-refractivity contribution < 1.29 is 13.9 Å². The molecule has 0 aliphatic rings. The lowest BCUT2D eigenvalue weighted by Gasteiger charge is -2.07. The van der Waals surface area contributed by atoms with E-state index in [4.69, 9.17) is 4.74 Å². The van der Waals surface area contributed by atoms with Crippen molar-refractivity contribution in [2.24, 2.45) is 0 Å². The van der Waals surface area contributed by atoms with Crippen LogP contribution in [0.15, 0.2) is 35.0 Å². The monoisotopic (exact) mass is 250 g/mol. The van der Waals surface area contributed by atoms with E-state index in [-0.39, 0.29) is 23.5 Å². The summed E-state index contributed by atoms with van der Waals surface area (Å²) >= 11 is 1.51. The molecule has 17 heavy (non-hydrogen) atoms. The lowest BCUT2D eigenvalue weighted by Crippen LogP contribution is -2.07. The average molecular weight is 250 g/mol. The molecule has 2 aromatic rings. The maximum Gasteiger partial charge on any atom is 0.173 e. The number of hydrogen-bond donors (Lipinski definition) is 0. The van der Waals surface area contributed by atoms with Crippen molar-refractivity contribution in [3.8, 4) is 5.75 Å². The van der Waals surface area contributed by atoms with Gasteiger partial charge in [0.1, 0.15) is 11.6 Å². The van der Waals surface area contributed by atoms with Gasteiger partial charge < -0.3 is 4.74 Å². The maximum absolute atomic E-state index is 13.6. The smallest absolute Gasteiger partial charge is 0.173 e. The van der Waals surface area contributed by atoms with Crippen molar-refractivity contribution >= 4 is 17.1 Å². The third kappa shape index (κ3) is 2.53. The number of thiophene rings is 1. The van der Waals surface area contributed by atoms with Crippen LogP contribution >= 0.6 is 11.3 Å². The Morgan fingerprint density at radius 2 is 2.24 bits per heavy atom. The molecule has 1 aromatic carbocycles. The Labute approximate surface area is 103 Å². The van der Waals surface area contributed by atoms with Crippen molar-refractivity contribution in [1.29, 1.82) is 0 Å². The molecule has 0 aliphatic carbocycles. The Morgan fingerprint density at radius 3 is 2.88 bits per heavy atom. The number of carbonyl (C=O) groups is 1. The van der Waals surface area contributed by atoms with Gasteiger partial charge in [-0.25, -0.2) is 4.39 Å². The Balaban J connectivity index is 2.30. The summed E-state index contributed by atoms with van der Waals surface area (Å²) in [6, 6.07) is 6.23. The number of hydrogen-bond acceptors (Lipinski definition) is 3. The second-order valence-corrected chi connectivity index (χ2v) is 4.33. The summed E-state index contributed by atoms with van der Waals surface area (Å²) in [6.07, 6.45) is 0.195. The van der Waals surface area contributed by atoms with Gasteiger partial charge >= 0.3 is 0 Å². The van der Waals surface area contributed by atoms with Crippen LogP contribution < -0.4 is 4.74 Å². The van der Waals surface area contributed by atoms with Gasteiger partial charge in [-0.2, -0.15) is 11.3 Å². The quantitative estimate of drug-likeness (QED) is 0.778. The van der Waals surface area contributed by atoms with E-state index in [1.807, 2.05) is 16.8 Å². The third-order valence-electron chi connectivity index (χ3n) is 2.42. The highest BCUT2D eigenvalue weighted by Crippen LogP contribution is 2.23. The number of methoxy groups -OCH3 is 1. The number of halogens is 1. The van der Waals surface area contributed by atoms with Crippen LogP contribution in [-0.4, -0.2) is 12.9 Å². The molecule has 0 aliphatic heterocycles. The molecule has 0 saturated carbocycles. The molecule has 0 radical (unpaired) electrons. The molecule has 0 saturated heterocycles. The fourth-order valence-electron chi connectivity index (χ4n) is 1.61. The highest BCUT2D eigenvalue weighted by molar-refractivity contribution is 7.08. The van der Waals surface area contributed by atoms with Gasteiger partial charge in [0.25, 0.3) is 0 Å². The second kappa shape index (κ2) is 5.10. The van der Waals surface area contributed by atoms with Crippen LogP contribution in [0, 0.1) is 5.82 Å². The molecular formula is C13H11FO2S. The molecule has 0 N–H and O–H groups in total. The summed E-state index contributed by atoms with van der Waals surface area (Å²) in [5, 5.41) is 3.77. The van der Waals surface area contributed by atoms with Gasteiger partial charge in [-0.15, -0.1) is 0 Å². The minimum atomic E-state index is -0.537. The van der Waals surface area contributed by atoms with Crippen LogP contribution in [0.5, 0.6) is 5.75 Å². The lowest BCUT2D eigenvalue weighted by molar-refractivity contribution is 0.0986. The Bertz CT molecular complexity index is 520. The van der Waals surface area contributed by atoms with Crippen LogP contribution in [0.3, 0.4) is 0 Å². The second-order valence-electron chi connectivity index (χ2n) is 3.55. The van der Waals surface area contributed by atoms with Gasteiger partial charge in [-0.3, -0.25) is 4.79 Å². The minimum absolute atomic E-state index is 0.0289. The number of benzene rings is 1. The van der Waals surface area contributed by atoms with E-state index in [9.17, 15) is 9.18 Å². The molecule has 1 heterocycles. The summed E-state index contributed by atoms with van der Waals surface area (Å²) in [5.74, 6) is -0.520. The maximum atomic E-state index is 13.6. The van der Waals surface area contributed by atoms with Crippen molar-refractivity contribution in [1.82, 2.24) is 0 Å². The topological polar surface area (TPSA) is 26.3 Å². The fourth-order valence-corrected chi connectivity index (χ4v) is 2.28. The van der Waals surface area contributed by atoms with Gasteiger partial charge in [-0.05, 0) is 34.5 Å². The van der Waals surface area contributed by atoms with Gasteiger partial charge in [0.2, 0.25) is 0 Å². The Kier molecular flexibility index (Phi) is 3.54. The van der Waals surface area contributed by atoms with Gasteiger partial charge in [0.05, 0.1) is 12.7 Å². The normalized spacial score (nSPS) is 10.2. The van der Waals surface area contributed by atoms with E-state index in [0.717, 1.165) is 5.56 Å². The number of Topliss-reactive ketones (excluding diaryl/α,β-unsaturated/α-hetero) is 1. The van der Waals surface area contributed by atoms with Gasteiger partial charge in [0.15, 0.2) is 5.78 Å². The van der Waals surface area contributed by atoms with Crippen molar-refractivity contribution in [2.75, 3.05) is 7.11 Å². The van der Waals surface area contributed by atoms with E-state index >= 15 is 0 Å². The zero-order chi connectivity index (χ0) is 12.3. The van der Waals surface area contributed by atoms with Crippen molar-refractivity contribution in [2.45, 2.75) is 6.42 Å². The number of rotatable bonds is 4. The third-order valence-corrected chi connectivity index (χ3v) is 3.15. The highest BCUT2D eigenvalue weighted by atomic mass is 32.1. The van der Waals surface area contributed by atoms with Crippen LogP contribution in [0.1, 0.15) is 15.9 Å². The lowest BCUT2D eigenvalue weighted by atomic mass is 10.0. The molecule has 0 spiro atoms. The standard InChI is InChI=1S/C13H11FO2S/c1-16-12-4-2-3-10(14)13(12)11(15)7-9-5-6-17-8-9/h2-6,8H,7H2,1H3. The van der Waals surface area contributed by atoms with Gasteiger partial charge in [0, 0.05) is 6.42 Å². The number of ether oxygens (including phenoxy) is 1. The first-order chi connectivity index (χ1) is 8.22. The first-order valence-corrected chi connectivity index (χ1v) is 6.03. The van der Waals surface area contributed by atoms with Gasteiger partial charge in [-0.1, -0.05) is 6.07 Å². The summed E-state index contributed by atoms with van der Waals surface area (Å²) in [6.45, 7) is 0. The molecule has 0 unspecified atom stereocenters. The molecule has 88 valence electrons. The SMILES string of the molecule is COc1cccc(F)c1C(=O)Cc1ccsc1. The van der Waals surface area contributed by atoms with Crippen LogP contribution in [0.25, 0.3) is 0 Å². The Hall–Kier alpha value is -1.68. The number of carbonyl (C=O) groups excluding carboxylic acids is 1. The molecule has 0 bridgehead atoms. The molecule has 1 aromatic heterocycles. The molecule has 0 fully saturated rings. The largest absolute Gasteiger partial charge is 0.496 e. The first kappa shape index (κ1) is 11.8. The molecule has 4 heteroatoms. The van der Waals surface area contributed by atoms with E-state index in [2.05, 4.69) is 0 Å². The van der Waals surface area contributed by atoms with Crippen LogP contribution in [0.4, 0.5) is 4.39 Å². The van der Waals surface area contributed by atoms with Crippen LogP contribution in [-0.2, 0) is 6.42 Å². The average Bonchev–Trinajstić information content (AvgIpc) is 2.81. The number of ketones is 1. The molecular weight excluding hydrogens is 239 g/mol. The summed E-state index contributed by atoms with van der Waals surface area (Å²) in [7, 11) is 1.43. The van der Waals surface area contributed by atoms with E-state index < -0.39 is 5.82 Å². The minimum Gasteiger partial charge on any atom is -0.496 e. The van der Waals surface area contributed by atoms with Crippen LogP contribution in [0.2, 0.25) is 0 Å². The molecule has 0 amide bonds. The molecule has 2 rings (SSSR count). The molecule has 0 atom stereocenters. The van der Waals surface area contributed by atoms with Crippen molar-refractivity contribution in [3.63, 3.8) is 0 Å². The molecule has 2 nitrogen and oxygen atoms in total. The fraction of sp³-hybridized carbons (Fsp3) is 0.154. The summed E-state index contributed by atoms with van der Waals surface area (Å²) in [4.78, 5) is 12.0. The van der Waals surface area contributed by atoms with Crippen molar-refractivity contribution in [3.05, 3.63) is 52.0 Å². The first-order valence-electron chi connectivity index (χ1n) is 5.09. The zero-order valence-electron chi connectivity index (χ0n) is 9.27. The van der Waals surface area contributed by atoms with E-state index in [0.29, 0.717) is 0 Å². The van der Waals surface area contributed by atoms with E-state index in [1.165, 1.54) is 30.6 Å². The predicted molar refractivity (Wildman–Crippen MR) is 65.3 cm³/mol. The summed E-state index contributed by atoms with van der Waals surface area (Å²) < 4.78 is 18.6. The zero-order valence-corrected chi connectivity index (χ0v) is 10.1. The summed E-state index contributed by atoms with van der Waals surface area (Å²) in [5.41, 5.74) is 0.923. The van der Waals surface area contributed by atoms with E-state index in [1.54, 1.807) is 6.07 Å². The predicted octanol–water partition coefficient (Wildman–Crippen LogP) is 3.32. The highest BCUT2D eigenvalue weighted by Gasteiger charge is 2.17.